The van der Waals surface area contributed by atoms with Crippen LogP contribution in [0.25, 0.3) is 0 Å². The van der Waals surface area contributed by atoms with Crippen LogP contribution >= 0.6 is 0 Å². The maximum atomic E-state index is 10.8. The molecule has 70 valence electrons. The third kappa shape index (κ3) is 3.92. The Morgan fingerprint density at radius 3 is 2.33 bits per heavy atom. The van der Waals surface area contributed by atoms with Crippen molar-refractivity contribution in [3.63, 3.8) is 0 Å². The van der Waals surface area contributed by atoms with Crippen molar-refractivity contribution in [2.24, 2.45) is 5.92 Å². The van der Waals surface area contributed by atoms with Crippen molar-refractivity contribution in [3.8, 4) is 0 Å². The number of hydrogen-bond donors (Lipinski definition) is 0. The molecule has 0 spiro atoms. The van der Waals surface area contributed by atoms with Crippen LogP contribution in [0.3, 0.4) is 0 Å². The number of carbonyl (C=O) groups is 2. The summed E-state index contributed by atoms with van der Waals surface area (Å²) in [4.78, 5) is 29.8. The summed E-state index contributed by atoms with van der Waals surface area (Å²) in [5.41, 5.74) is 0. The SMILES string of the molecule is COOC(=O)C(C)CC(=O)OC. The van der Waals surface area contributed by atoms with Gasteiger partial charge in [0.2, 0.25) is 0 Å². The van der Waals surface area contributed by atoms with E-state index < -0.39 is 17.9 Å². The minimum Gasteiger partial charge on any atom is -0.469 e. The first-order valence-electron chi connectivity index (χ1n) is 3.43. The van der Waals surface area contributed by atoms with Crippen LogP contribution in [-0.2, 0) is 24.1 Å². The monoisotopic (exact) mass is 176 g/mol. The van der Waals surface area contributed by atoms with E-state index in [-0.39, 0.29) is 6.42 Å². The Hall–Kier alpha value is -1.10. The van der Waals surface area contributed by atoms with Gasteiger partial charge in [-0.3, -0.25) is 9.68 Å². The van der Waals surface area contributed by atoms with E-state index in [9.17, 15) is 9.59 Å². The van der Waals surface area contributed by atoms with Crippen LogP contribution in [0.15, 0.2) is 0 Å². The molecule has 0 bridgehead atoms. The second-order valence-electron chi connectivity index (χ2n) is 2.25. The Bertz CT molecular complexity index is 165. The van der Waals surface area contributed by atoms with Gasteiger partial charge in [0.1, 0.15) is 0 Å². The quantitative estimate of drug-likeness (QED) is 0.350. The highest BCUT2D eigenvalue weighted by Gasteiger charge is 2.19. The molecule has 0 heterocycles. The highest BCUT2D eigenvalue weighted by Crippen LogP contribution is 2.05. The number of esters is 1. The molecule has 0 saturated heterocycles. The molecule has 0 aromatic carbocycles. The molecular formula is C7H12O5. The Kier molecular flexibility index (Phi) is 5.03. The van der Waals surface area contributed by atoms with Crippen molar-refractivity contribution in [1.82, 2.24) is 0 Å². The maximum Gasteiger partial charge on any atom is 0.345 e. The van der Waals surface area contributed by atoms with E-state index in [0.717, 1.165) is 0 Å². The Balaban J connectivity index is 3.78. The number of carbonyl (C=O) groups excluding carboxylic acids is 2. The molecule has 0 aromatic heterocycles. The van der Waals surface area contributed by atoms with Gasteiger partial charge in [-0.2, -0.15) is 4.89 Å². The average Bonchev–Trinajstić information content (AvgIpc) is 2.04. The molecule has 1 atom stereocenters. The van der Waals surface area contributed by atoms with Gasteiger partial charge < -0.3 is 4.74 Å². The summed E-state index contributed by atoms with van der Waals surface area (Å²) < 4.78 is 4.36. The van der Waals surface area contributed by atoms with Crippen molar-refractivity contribution in [3.05, 3.63) is 0 Å². The maximum absolute atomic E-state index is 10.8. The van der Waals surface area contributed by atoms with Gasteiger partial charge in [-0.05, 0) is 0 Å². The van der Waals surface area contributed by atoms with Crippen LogP contribution in [0.1, 0.15) is 13.3 Å². The minimum absolute atomic E-state index is 0.00130. The molecule has 1 unspecified atom stereocenters. The first kappa shape index (κ1) is 10.9. The predicted molar refractivity (Wildman–Crippen MR) is 38.9 cm³/mol. The highest BCUT2D eigenvalue weighted by atomic mass is 17.2. The van der Waals surface area contributed by atoms with E-state index in [0.29, 0.717) is 0 Å². The minimum atomic E-state index is -0.581. The lowest BCUT2D eigenvalue weighted by atomic mass is 10.1. The molecule has 0 N–H and O–H groups in total. The molecular weight excluding hydrogens is 164 g/mol. The van der Waals surface area contributed by atoms with Crippen LogP contribution in [0, 0.1) is 5.92 Å². The number of ether oxygens (including phenoxy) is 1. The lowest BCUT2D eigenvalue weighted by Crippen LogP contribution is -2.18. The fourth-order valence-electron chi connectivity index (χ4n) is 0.581. The van der Waals surface area contributed by atoms with Crippen LogP contribution in [0.4, 0.5) is 0 Å². The standard InChI is InChI=1S/C7H12O5/c1-5(4-6(8)10-2)7(9)12-11-3/h5H,4H2,1-3H3. The lowest BCUT2D eigenvalue weighted by molar-refractivity contribution is -0.258. The van der Waals surface area contributed by atoms with Gasteiger partial charge in [0.15, 0.2) is 0 Å². The van der Waals surface area contributed by atoms with Crippen LogP contribution in [0.2, 0.25) is 0 Å². The van der Waals surface area contributed by atoms with Crippen LogP contribution < -0.4 is 0 Å². The van der Waals surface area contributed by atoms with Crippen molar-refractivity contribution in [2.45, 2.75) is 13.3 Å². The molecule has 0 rings (SSSR count). The van der Waals surface area contributed by atoms with Gasteiger partial charge >= 0.3 is 11.9 Å². The molecule has 5 heteroatoms. The summed E-state index contributed by atoms with van der Waals surface area (Å²) in [6.45, 7) is 1.55. The summed E-state index contributed by atoms with van der Waals surface area (Å²) in [7, 11) is 2.49. The van der Waals surface area contributed by atoms with Crippen LogP contribution in [0.5, 0.6) is 0 Å². The molecule has 0 saturated carbocycles. The molecule has 12 heavy (non-hydrogen) atoms. The molecule has 0 aromatic rings. The van der Waals surface area contributed by atoms with E-state index >= 15 is 0 Å². The fraction of sp³-hybridized carbons (Fsp3) is 0.714. The predicted octanol–water partition coefficient (Wildman–Crippen LogP) is 0.290. The topological polar surface area (TPSA) is 61.8 Å². The van der Waals surface area contributed by atoms with Gasteiger partial charge in [-0.15, -0.1) is 0 Å². The second-order valence-corrected chi connectivity index (χ2v) is 2.25. The summed E-state index contributed by atoms with van der Waals surface area (Å²) in [6.07, 6.45) is -0.00130. The van der Waals surface area contributed by atoms with Crippen molar-refractivity contribution in [2.75, 3.05) is 14.2 Å². The van der Waals surface area contributed by atoms with E-state index in [1.54, 1.807) is 6.92 Å². The van der Waals surface area contributed by atoms with E-state index in [4.69, 9.17) is 0 Å². The zero-order valence-electron chi connectivity index (χ0n) is 7.33. The Labute approximate surface area is 70.5 Å². The molecule has 0 amide bonds. The fourth-order valence-corrected chi connectivity index (χ4v) is 0.581. The Morgan fingerprint density at radius 2 is 1.92 bits per heavy atom. The van der Waals surface area contributed by atoms with Gasteiger partial charge in [-0.25, -0.2) is 4.79 Å². The summed E-state index contributed by atoms with van der Waals surface area (Å²) >= 11 is 0. The number of hydrogen-bond acceptors (Lipinski definition) is 5. The Morgan fingerprint density at radius 1 is 1.33 bits per heavy atom. The molecule has 0 aliphatic carbocycles. The molecule has 0 aliphatic heterocycles. The molecule has 0 radical (unpaired) electrons. The normalized spacial score (nSPS) is 11.9. The average molecular weight is 176 g/mol. The van der Waals surface area contributed by atoms with Crippen molar-refractivity contribution in [1.29, 1.82) is 0 Å². The molecule has 0 aliphatic rings. The third-order valence-electron chi connectivity index (χ3n) is 1.27. The first-order chi connectivity index (χ1) is 5.61. The third-order valence-corrected chi connectivity index (χ3v) is 1.27. The van der Waals surface area contributed by atoms with Crippen molar-refractivity contribution >= 4 is 11.9 Å². The number of rotatable bonds is 4. The second kappa shape index (κ2) is 5.54. The van der Waals surface area contributed by atoms with E-state index in [1.165, 1.54) is 14.2 Å². The van der Waals surface area contributed by atoms with Crippen LogP contribution in [-0.4, -0.2) is 26.2 Å². The van der Waals surface area contributed by atoms with Gasteiger partial charge in [0.25, 0.3) is 0 Å². The zero-order valence-corrected chi connectivity index (χ0v) is 7.33. The summed E-state index contributed by atoms with van der Waals surface area (Å²) in [6, 6.07) is 0. The van der Waals surface area contributed by atoms with E-state index in [2.05, 4.69) is 14.5 Å². The smallest absolute Gasteiger partial charge is 0.345 e. The highest BCUT2D eigenvalue weighted by molar-refractivity contribution is 5.79. The summed E-state index contributed by atoms with van der Waals surface area (Å²) in [5, 5.41) is 0. The van der Waals surface area contributed by atoms with Crippen molar-refractivity contribution < 1.29 is 24.1 Å². The van der Waals surface area contributed by atoms with Gasteiger partial charge in [-0.1, -0.05) is 6.92 Å². The zero-order chi connectivity index (χ0) is 9.56. The summed E-state index contributed by atoms with van der Waals surface area (Å²) in [5.74, 6) is -1.57. The number of methoxy groups -OCH3 is 1. The lowest BCUT2D eigenvalue weighted by Gasteiger charge is -2.06. The molecule has 5 nitrogen and oxygen atoms in total. The van der Waals surface area contributed by atoms with Gasteiger partial charge in [0, 0.05) is 0 Å². The van der Waals surface area contributed by atoms with E-state index in [1.807, 2.05) is 0 Å². The van der Waals surface area contributed by atoms with Gasteiger partial charge in [0.05, 0.1) is 26.6 Å². The first-order valence-corrected chi connectivity index (χ1v) is 3.43. The largest absolute Gasteiger partial charge is 0.469 e. The molecule has 0 fully saturated rings.